The summed E-state index contributed by atoms with van der Waals surface area (Å²) in [6.45, 7) is 8.70. The number of imidazole rings is 1. The van der Waals surface area contributed by atoms with Crippen LogP contribution in [-0.2, 0) is 5.41 Å². The number of nitrogens with one attached hydrogen (secondary N) is 2. The van der Waals surface area contributed by atoms with Gasteiger partial charge in [-0.05, 0) is 47.7 Å². The quantitative estimate of drug-likeness (QED) is 0.569. The van der Waals surface area contributed by atoms with Crippen molar-refractivity contribution in [2.24, 2.45) is 0 Å². The number of fused-ring (bicyclic) bond motifs is 3. The maximum absolute atomic E-state index is 4.57. The molecule has 0 fully saturated rings. The van der Waals surface area contributed by atoms with Crippen LogP contribution in [0.25, 0.3) is 16.8 Å². The molecule has 4 aromatic rings. The molecule has 0 atom stereocenters. The van der Waals surface area contributed by atoms with Crippen molar-refractivity contribution in [1.29, 1.82) is 0 Å². The smallest absolute Gasteiger partial charge is 0.253 e. The number of aryl methyl sites for hydroxylation is 1. The minimum absolute atomic E-state index is 0.154. The molecular weight excluding hydrogens is 298 g/mol. The fraction of sp³-hybridized carbons (Fsp3) is 0.263. The third kappa shape index (κ3) is 2.52. The van der Waals surface area contributed by atoms with Crippen LogP contribution in [0.2, 0.25) is 0 Å². The van der Waals surface area contributed by atoms with Crippen LogP contribution in [0.4, 0.5) is 11.6 Å². The van der Waals surface area contributed by atoms with Crippen LogP contribution in [0.1, 0.15) is 31.9 Å². The van der Waals surface area contributed by atoms with Crippen molar-refractivity contribution in [2.75, 3.05) is 5.32 Å². The lowest BCUT2D eigenvalue weighted by atomic mass is 9.87. The van der Waals surface area contributed by atoms with Crippen LogP contribution < -0.4 is 5.32 Å². The second-order valence-electron chi connectivity index (χ2n) is 7.26. The van der Waals surface area contributed by atoms with E-state index in [0.717, 1.165) is 16.7 Å². The maximum Gasteiger partial charge on any atom is 0.253 e. The first kappa shape index (κ1) is 14.8. The Labute approximate surface area is 140 Å². The van der Waals surface area contributed by atoms with E-state index in [2.05, 4.69) is 90.5 Å². The lowest BCUT2D eigenvalue weighted by molar-refractivity contribution is 0.590. The lowest BCUT2D eigenvalue weighted by Crippen LogP contribution is -2.10. The van der Waals surface area contributed by atoms with Gasteiger partial charge in [0.25, 0.3) is 5.78 Å². The number of H-pyrrole nitrogens is 1. The first-order valence-electron chi connectivity index (χ1n) is 8.12. The van der Waals surface area contributed by atoms with Crippen molar-refractivity contribution in [3.63, 3.8) is 0 Å². The van der Waals surface area contributed by atoms with Gasteiger partial charge in [-0.15, -0.1) is 0 Å². The Balaban J connectivity index is 1.65. The third-order valence-electron chi connectivity index (χ3n) is 4.24. The van der Waals surface area contributed by atoms with Gasteiger partial charge in [0.15, 0.2) is 0 Å². The summed E-state index contributed by atoms with van der Waals surface area (Å²) in [5.74, 6) is 1.35. The minimum atomic E-state index is 0.154. The predicted octanol–water partition coefficient (Wildman–Crippen LogP) is 4.56. The molecule has 0 aliphatic rings. The molecule has 0 unspecified atom stereocenters. The number of anilines is 2. The van der Waals surface area contributed by atoms with Crippen molar-refractivity contribution in [1.82, 2.24) is 19.6 Å². The number of aromatic nitrogens is 4. The molecule has 0 bridgehead atoms. The Morgan fingerprint density at radius 3 is 2.46 bits per heavy atom. The molecular formula is C19H21N5. The van der Waals surface area contributed by atoms with E-state index in [-0.39, 0.29) is 5.41 Å². The average Bonchev–Trinajstić information content (AvgIpc) is 3.03. The summed E-state index contributed by atoms with van der Waals surface area (Å²) in [5.41, 5.74) is 5.64. The molecule has 0 saturated carbocycles. The Morgan fingerprint density at radius 1 is 1.00 bits per heavy atom. The van der Waals surface area contributed by atoms with Crippen molar-refractivity contribution in [2.45, 2.75) is 33.1 Å². The van der Waals surface area contributed by atoms with Crippen LogP contribution >= 0.6 is 0 Å². The van der Waals surface area contributed by atoms with Crippen molar-refractivity contribution in [3.05, 3.63) is 53.6 Å². The number of benzene rings is 2. The summed E-state index contributed by atoms with van der Waals surface area (Å²) in [7, 11) is 0. The van der Waals surface area contributed by atoms with Crippen LogP contribution in [0, 0.1) is 6.92 Å². The van der Waals surface area contributed by atoms with Crippen LogP contribution in [-0.4, -0.2) is 19.6 Å². The SMILES string of the molecule is Cc1ccc2c(c1)nc1nc(Nc3ccc(C(C)(C)C)cc3)[nH]n12. The molecule has 2 aromatic heterocycles. The molecule has 0 radical (unpaired) electrons. The van der Waals surface area contributed by atoms with E-state index < -0.39 is 0 Å². The van der Waals surface area contributed by atoms with Gasteiger partial charge in [0.05, 0.1) is 11.0 Å². The second kappa shape index (κ2) is 5.09. The van der Waals surface area contributed by atoms with Crippen molar-refractivity contribution >= 4 is 28.4 Å². The standard InChI is InChI=1S/C19H21N5/c1-12-5-10-16-15(11-12)21-18-22-17(23-24(16)18)20-14-8-6-13(7-9-14)19(2,3)4/h5-11H,1-4H3,(H2,20,21,22,23). The molecule has 122 valence electrons. The van der Waals surface area contributed by atoms with E-state index in [9.17, 15) is 0 Å². The topological polar surface area (TPSA) is 58.0 Å². The van der Waals surface area contributed by atoms with Gasteiger partial charge < -0.3 is 5.32 Å². The normalized spacial score (nSPS) is 12.2. The number of rotatable bonds is 2. The first-order chi connectivity index (χ1) is 11.4. The zero-order valence-corrected chi connectivity index (χ0v) is 14.4. The van der Waals surface area contributed by atoms with E-state index in [1.807, 2.05) is 4.52 Å². The van der Waals surface area contributed by atoms with Gasteiger partial charge >= 0.3 is 0 Å². The monoisotopic (exact) mass is 319 g/mol. The lowest BCUT2D eigenvalue weighted by Gasteiger charge is -2.19. The van der Waals surface area contributed by atoms with E-state index in [1.165, 1.54) is 11.1 Å². The van der Waals surface area contributed by atoms with Gasteiger partial charge in [0.2, 0.25) is 5.95 Å². The summed E-state index contributed by atoms with van der Waals surface area (Å²) >= 11 is 0. The average molecular weight is 319 g/mol. The summed E-state index contributed by atoms with van der Waals surface area (Å²) < 4.78 is 1.90. The largest absolute Gasteiger partial charge is 0.325 e. The summed E-state index contributed by atoms with van der Waals surface area (Å²) in [6, 6.07) is 14.7. The number of hydrogen-bond acceptors (Lipinski definition) is 3. The minimum Gasteiger partial charge on any atom is -0.325 e. The Hall–Kier alpha value is -2.82. The van der Waals surface area contributed by atoms with Gasteiger partial charge in [-0.2, -0.15) is 4.98 Å². The highest BCUT2D eigenvalue weighted by atomic mass is 15.4. The van der Waals surface area contributed by atoms with Gasteiger partial charge in [0.1, 0.15) is 0 Å². The highest BCUT2D eigenvalue weighted by Crippen LogP contribution is 2.25. The van der Waals surface area contributed by atoms with Crippen molar-refractivity contribution in [3.8, 4) is 0 Å². The Bertz CT molecular complexity index is 1020. The highest BCUT2D eigenvalue weighted by Gasteiger charge is 2.13. The molecule has 0 spiro atoms. The highest BCUT2D eigenvalue weighted by molar-refractivity contribution is 5.80. The Morgan fingerprint density at radius 2 is 1.75 bits per heavy atom. The summed E-state index contributed by atoms with van der Waals surface area (Å²) in [4.78, 5) is 9.10. The molecule has 2 N–H and O–H groups in total. The summed E-state index contributed by atoms with van der Waals surface area (Å²) in [5, 5.41) is 6.57. The van der Waals surface area contributed by atoms with E-state index in [0.29, 0.717) is 11.7 Å². The predicted molar refractivity (Wildman–Crippen MR) is 98.0 cm³/mol. The fourth-order valence-electron chi connectivity index (χ4n) is 2.84. The molecule has 5 heteroatoms. The molecule has 0 saturated heterocycles. The zero-order chi connectivity index (χ0) is 16.9. The van der Waals surface area contributed by atoms with Crippen molar-refractivity contribution < 1.29 is 0 Å². The van der Waals surface area contributed by atoms with Gasteiger partial charge in [-0.1, -0.05) is 39.0 Å². The van der Waals surface area contributed by atoms with Gasteiger partial charge in [-0.25, -0.2) is 9.50 Å². The fourth-order valence-corrected chi connectivity index (χ4v) is 2.84. The van der Waals surface area contributed by atoms with Crippen LogP contribution in [0.15, 0.2) is 42.5 Å². The number of hydrogen-bond donors (Lipinski definition) is 2. The molecule has 0 aliphatic heterocycles. The van der Waals surface area contributed by atoms with Gasteiger partial charge in [0, 0.05) is 5.69 Å². The Kier molecular flexibility index (Phi) is 3.13. The van der Waals surface area contributed by atoms with E-state index in [4.69, 9.17) is 0 Å². The number of aromatic amines is 1. The third-order valence-corrected chi connectivity index (χ3v) is 4.24. The van der Waals surface area contributed by atoms with E-state index in [1.54, 1.807) is 0 Å². The zero-order valence-electron chi connectivity index (χ0n) is 14.4. The van der Waals surface area contributed by atoms with Crippen LogP contribution in [0.5, 0.6) is 0 Å². The molecule has 0 amide bonds. The van der Waals surface area contributed by atoms with Gasteiger partial charge in [-0.3, -0.25) is 5.10 Å². The molecule has 2 heterocycles. The molecule has 0 aliphatic carbocycles. The molecule has 2 aromatic carbocycles. The molecule has 24 heavy (non-hydrogen) atoms. The maximum atomic E-state index is 4.57. The van der Waals surface area contributed by atoms with Crippen LogP contribution in [0.3, 0.4) is 0 Å². The first-order valence-corrected chi connectivity index (χ1v) is 8.12. The summed E-state index contributed by atoms with van der Waals surface area (Å²) in [6.07, 6.45) is 0. The molecule has 4 rings (SSSR count). The van der Waals surface area contributed by atoms with E-state index >= 15 is 0 Å². The second-order valence-corrected chi connectivity index (χ2v) is 7.26. The number of nitrogens with zero attached hydrogens (tertiary/aromatic N) is 3. The molecule has 5 nitrogen and oxygen atoms in total.